The number of carbonyl (C=O) groups is 1. The lowest BCUT2D eigenvalue weighted by molar-refractivity contribution is -0.118. The van der Waals surface area contributed by atoms with Crippen molar-refractivity contribution >= 4 is 22.9 Å². The minimum Gasteiger partial charge on any atom is -0.325 e. The number of thiazole rings is 1. The summed E-state index contributed by atoms with van der Waals surface area (Å²) < 4.78 is 13.4. The number of nitriles is 1. The van der Waals surface area contributed by atoms with E-state index in [1.807, 2.05) is 18.4 Å². The molecule has 0 fully saturated rings. The highest BCUT2D eigenvalue weighted by atomic mass is 32.1. The van der Waals surface area contributed by atoms with Gasteiger partial charge < -0.3 is 9.88 Å². The summed E-state index contributed by atoms with van der Waals surface area (Å²) in [5, 5.41) is 12.0. The summed E-state index contributed by atoms with van der Waals surface area (Å²) in [6, 6.07) is 7.69. The Morgan fingerprint density at radius 3 is 2.57 bits per heavy atom. The van der Waals surface area contributed by atoms with Crippen LogP contribution in [0.25, 0.3) is 0 Å². The number of H-pyrrole nitrogens is 1. The van der Waals surface area contributed by atoms with Crippen LogP contribution in [0.2, 0.25) is 0 Å². The summed E-state index contributed by atoms with van der Waals surface area (Å²) >= 11 is 1.50. The zero-order valence-electron chi connectivity index (χ0n) is 17.0. The van der Waals surface area contributed by atoms with Crippen LogP contribution in [0.5, 0.6) is 0 Å². The fourth-order valence-corrected chi connectivity index (χ4v) is 3.98. The molecular formula is C22H21FN4O2S. The SMILES string of the molecule is Cc1nc(CN(C(=O)CCc2c(C)[nH]c(=O)c(C#N)c2C)c2ccc(F)cc2)cs1. The van der Waals surface area contributed by atoms with E-state index in [9.17, 15) is 19.2 Å². The van der Waals surface area contributed by atoms with Gasteiger partial charge in [0.15, 0.2) is 0 Å². The summed E-state index contributed by atoms with van der Waals surface area (Å²) in [5.41, 5.74) is 3.01. The fraction of sp³-hybridized carbons (Fsp3) is 0.273. The van der Waals surface area contributed by atoms with Crippen molar-refractivity contribution in [2.24, 2.45) is 0 Å². The van der Waals surface area contributed by atoms with Gasteiger partial charge >= 0.3 is 0 Å². The second kappa shape index (κ2) is 9.01. The molecule has 0 radical (unpaired) electrons. The van der Waals surface area contributed by atoms with Gasteiger partial charge in [-0.2, -0.15) is 5.26 Å². The van der Waals surface area contributed by atoms with E-state index in [1.54, 1.807) is 30.9 Å². The van der Waals surface area contributed by atoms with E-state index in [1.165, 1.54) is 23.5 Å². The molecule has 3 aromatic rings. The van der Waals surface area contributed by atoms with Gasteiger partial charge in [-0.25, -0.2) is 9.37 Å². The number of aromatic amines is 1. The average molecular weight is 425 g/mol. The molecule has 154 valence electrons. The molecule has 0 unspecified atom stereocenters. The highest BCUT2D eigenvalue weighted by Crippen LogP contribution is 2.22. The number of amides is 1. The second-order valence-corrected chi connectivity index (χ2v) is 8.05. The first kappa shape index (κ1) is 21.4. The number of hydrogen-bond donors (Lipinski definition) is 1. The van der Waals surface area contributed by atoms with Crippen molar-refractivity contribution in [3.05, 3.63) is 78.9 Å². The Labute approximate surface area is 177 Å². The molecule has 0 bridgehead atoms. The first-order chi connectivity index (χ1) is 14.3. The van der Waals surface area contributed by atoms with Gasteiger partial charge in [0.25, 0.3) is 5.56 Å². The number of benzene rings is 1. The first-order valence-electron chi connectivity index (χ1n) is 9.39. The zero-order chi connectivity index (χ0) is 21.8. The number of rotatable bonds is 6. The third-order valence-corrected chi connectivity index (χ3v) is 5.76. The summed E-state index contributed by atoms with van der Waals surface area (Å²) in [4.78, 5) is 33.7. The predicted octanol–water partition coefficient (Wildman–Crippen LogP) is 3.93. The van der Waals surface area contributed by atoms with E-state index in [2.05, 4.69) is 9.97 Å². The van der Waals surface area contributed by atoms with E-state index in [0.717, 1.165) is 16.3 Å². The molecule has 3 rings (SSSR count). The molecule has 0 aliphatic carbocycles. The number of anilines is 1. The van der Waals surface area contributed by atoms with Crippen LogP contribution < -0.4 is 10.5 Å². The molecule has 0 saturated carbocycles. The molecule has 0 aliphatic rings. The van der Waals surface area contributed by atoms with Gasteiger partial charge in [-0.15, -0.1) is 11.3 Å². The summed E-state index contributed by atoms with van der Waals surface area (Å²) in [7, 11) is 0. The molecule has 0 spiro atoms. The molecule has 1 N–H and O–H groups in total. The Hall–Kier alpha value is -3.31. The van der Waals surface area contributed by atoms with E-state index >= 15 is 0 Å². The molecule has 2 heterocycles. The topological polar surface area (TPSA) is 89.8 Å². The van der Waals surface area contributed by atoms with Gasteiger partial charge in [0, 0.05) is 23.2 Å². The molecule has 1 aromatic carbocycles. The van der Waals surface area contributed by atoms with Crippen LogP contribution in [0.1, 0.15) is 39.5 Å². The van der Waals surface area contributed by atoms with Crippen LogP contribution in [0.3, 0.4) is 0 Å². The third kappa shape index (κ3) is 4.63. The summed E-state index contributed by atoms with van der Waals surface area (Å²) in [6.07, 6.45) is 0.537. The smallest absolute Gasteiger partial charge is 0.266 e. The minimum atomic E-state index is -0.422. The highest BCUT2D eigenvalue weighted by molar-refractivity contribution is 7.09. The van der Waals surface area contributed by atoms with Crippen LogP contribution in [-0.2, 0) is 17.8 Å². The normalized spacial score (nSPS) is 10.6. The molecule has 30 heavy (non-hydrogen) atoms. The molecule has 1 amide bonds. The van der Waals surface area contributed by atoms with Crippen molar-refractivity contribution < 1.29 is 9.18 Å². The van der Waals surface area contributed by atoms with Crippen molar-refractivity contribution in [3.8, 4) is 6.07 Å². The number of nitrogens with zero attached hydrogens (tertiary/aromatic N) is 3. The molecule has 2 aromatic heterocycles. The maximum absolute atomic E-state index is 13.4. The van der Waals surface area contributed by atoms with Gasteiger partial charge in [0.05, 0.1) is 17.2 Å². The Kier molecular flexibility index (Phi) is 6.43. The van der Waals surface area contributed by atoms with Crippen molar-refractivity contribution in [3.63, 3.8) is 0 Å². The van der Waals surface area contributed by atoms with Crippen LogP contribution in [0.15, 0.2) is 34.4 Å². The van der Waals surface area contributed by atoms with E-state index in [0.29, 0.717) is 23.4 Å². The summed E-state index contributed by atoms with van der Waals surface area (Å²) in [5.74, 6) is -0.532. The van der Waals surface area contributed by atoms with Gasteiger partial charge in [0.1, 0.15) is 17.4 Å². The zero-order valence-corrected chi connectivity index (χ0v) is 17.8. The quantitative estimate of drug-likeness (QED) is 0.649. The lowest BCUT2D eigenvalue weighted by Crippen LogP contribution is -2.31. The van der Waals surface area contributed by atoms with Gasteiger partial charge in [-0.1, -0.05) is 0 Å². The maximum Gasteiger partial charge on any atom is 0.266 e. The van der Waals surface area contributed by atoms with Crippen LogP contribution in [0.4, 0.5) is 10.1 Å². The molecule has 0 saturated heterocycles. The van der Waals surface area contributed by atoms with Crippen LogP contribution in [-0.4, -0.2) is 15.9 Å². The monoisotopic (exact) mass is 424 g/mol. The molecule has 0 aliphatic heterocycles. The van der Waals surface area contributed by atoms with Gasteiger partial charge in [0.2, 0.25) is 5.91 Å². The minimum absolute atomic E-state index is 0.0661. The van der Waals surface area contributed by atoms with Crippen LogP contribution >= 0.6 is 11.3 Å². The Balaban J connectivity index is 1.86. The number of hydrogen-bond acceptors (Lipinski definition) is 5. The number of carbonyl (C=O) groups excluding carboxylic acids is 1. The Bertz CT molecular complexity index is 1180. The standard InChI is InChI=1S/C22H21FN4O2S/c1-13-19(14(2)25-22(29)20(13)10-24)8-9-21(28)27(11-17-12-30-15(3)26-17)18-6-4-16(23)5-7-18/h4-7,12H,8-9,11H2,1-3H3,(H,25,29). The van der Waals surface area contributed by atoms with E-state index in [-0.39, 0.29) is 30.3 Å². The lowest BCUT2D eigenvalue weighted by Gasteiger charge is -2.22. The number of aryl methyl sites for hydroxylation is 2. The van der Waals surface area contributed by atoms with Crippen molar-refractivity contribution in [2.45, 2.75) is 40.2 Å². The average Bonchev–Trinajstić information content (AvgIpc) is 3.11. The lowest BCUT2D eigenvalue weighted by atomic mass is 9.99. The number of halogens is 1. The fourth-order valence-electron chi connectivity index (χ4n) is 3.37. The maximum atomic E-state index is 13.4. The van der Waals surface area contributed by atoms with E-state index in [4.69, 9.17) is 0 Å². The van der Waals surface area contributed by atoms with Crippen LogP contribution in [0, 0.1) is 37.9 Å². The predicted molar refractivity (Wildman–Crippen MR) is 114 cm³/mol. The Morgan fingerprint density at radius 2 is 1.97 bits per heavy atom. The van der Waals surface area contributed by atoms with Crippen molar-refractivity contribution in [2.75, 3.05) is 4.90 Å². The number of pyridine rings is 1. The molecule has 6 nitrogen and oxygen atoms in total. The number of aromatic nitrogens is 2. The highest BCUT2D eigenvalue weighted by Gasteiger charge is 2.20. The molecule has 8 heteroatoms. The molecular weight excluding hydrogens is 403 g/mol. The van der Waals surface area contributed by atoms with Crippen molar-refractivity contribution in [1.82, 2.24) is 9.97 Å². The Morgan fingerprint density at radius 1 is 1.27 bits per heavy atom. The first-order valence-corrected chi connectivity index (χ1v) is 10.3. The van der Waals surface area contributed by atoms with Gasteiger partial charge in [-0.3, -0.25) is 9.59 Å². The molecule has 0 atom stereocenters. The van der Waals surface area contributed by atoms with Crippen molar-refractivity contribution in [1.29, 1.82) is 5.26 Å². The third-order valence-electron chi connectivity index (χ3n) is 4.94. The second-order valence-electron chi connectivity index (χ2n) is 6.98. The summed E-state index contributed by atoms with van der Waals surface area (Å²) in [6.45, 7) is 5.65. The largest absolute Gasteiger partial charge is 0.325 e. The number of nitrogens with one attached hydrogen (secondary N) is 1. The van der Waals surface area contributed by atoms with E-state index < -0.39 is 5.56 Å². The van der Waals surface area contributed by atoms with Gasteiger partial charge in [-0.05, 0) is 62.6 Å².